The molecule has 0 bridgehead atoms. The Morgan fingerprint density at radius 1 is 1.00 bits per heavy atom. The fourth-order valence-corrected chi connectivity index (χ4v) is 1.48. The van der Waals surface area contributed by atoms with Gasteiger partial charge >= 0.3 is 0 Å². The second-order valence-corrected chi connectivity index (χ2v) is 3.31. The van der Waals surface area contributed by atoms with Crippen LogP contribution in [0.15, 0.2) is 36.5 Å². The van der Waals surface area contributed by atoms with Gasteiger partial charge in [0.1, 0.15) is 0 Å². The van der Waals surface area contributed by atoms with Crippen molar-refractivity contribution in [2.45, 2.75) is 13.8 Å². The number of benzene rings is 1. The summed E-state index contributed by atoms with van der Waals surface area (Å²) in [7, 11) is 0. The molecule has 1 aromatic carbocycles. The van der Waals surface area contributed by atoms with Crippen LogP contribution in [-0.2, 0) is 20.1 Å². The molecule has 0 amide bonds. The van der Waals surface area contributed by atoms with E-state index in [1.165, 1.54) is 0 Å². The Balaban J connectivity index is 0.00000112. The average Bonchev–Trinajstić information content (AvgIpc) is 2.19. The Bertz CT molecular complexity index is 441. The van der Waals surface area contributed by atoms with Gasteiger partial charge in [0, 0.05) is 31.9 Å². The van der Waals surface area contributed by atoms with Gasteiger partial charge in [0.15, 0.2) is 0 Å². The number of rotatable bonds is 1. The summed E-state index contributed by atoms with van der Waals surface area (Å²) < 4.78 is 0. The van der Waals surface area contributed by atoms with E-state index in [0.717, 1.165) is 22.6 Å². The Hall–Kier alpha value is -1.05. The maximum atomic E-state index is 4.39. The molecule has 3 heteroatoms. The van der Waals surface area contributed by atoms with Gasteiger partial charge in [-0.1, -0.05) is 30.3 Å². The average molecular weight is 376 g/mol. The quantitative estimate of drug-likeness (QED) is 0.765. The molecule has 0 unspecified atom stereocenters. The summed E-state index contributed by atoms with van der Waals surface area (Å²) >= 11 is 0. The van der Waals surface area contributed by atoms with Crippen LogP contribution in [0.1, 0.15) is 11.4 Å². The molecule has 0 aliphatic carbocycles. The predicted octanol–water partition coefficient (Wildman–Crippen LogP) is 2.76. The van der Waals surface area contributed by atoms with Crippen LogP contribution in [-0.4, -0.2) is 9.97 Å². The van der Waals surface area contributed by atoms with Gasteiger partial charge in [-0.05, 0) is 13.8 Å². The Morgan fingerprint density at radius 3 is 2.27 bits per heavy atom. The molecule has 1 radical (unpaired) electrons. The van der Waals surface area contributed by atoms with Crippen molar-refractivity contribution < 1.29 is 20.1 Å². The van der Waals surface area contributed by atoms with Gasteiger partial charge in [-0.15, -0.1) is 0 Å². The normalized spacial score (nSPS) is 9.47. The molecule has 0 N–H and O–H groups in total. The summed E-state index contributed by atoms with van der Waals surface area (Å²) in [5.41, 5.74) is 4.03. The largest absolute Gasteiger partial charge is 0.255 e. The minimum atomic E-state index is 0. The number of aryl methyl sites for hydroxylation is 2. The van der Waals surface area contributed by atoms with Gasteiger partial charge in [0.2, 0.25) is 0 Å². The zero-order valence-corrected chi connectivity index (χ0v) is 11.1. The van der Waals surface area contributed by atoms with Crippen molar-refractivity contribution in [2.24, 2.45) is 0 Å². The summed E-state index contributed by atoms with van der Waals surface area (Å²) in [4.78, 5) is 8.77. The van der Waals surface area contributed by atoms with Gasteiger partial charge in [-0.2, -0.15) is 0 Å². The molecule has 2 nitrogen and oxygen atoms in total. The van der Waals surface area contributed by atoms with Crippen LogP contribution in [0.2, 0.25) is 0 Å². The molecule has 0 saturated carbocycles. The molecule has 15 heavy (non-hydrogen) atoms. The summed E-state index contributed by atoms with van der Waals surface area (Å²) in [6, 6.07) is 10.1. The van der Waals surface area contributed by atoms with Crippen LogP contribution >= 0.6 is 0 Å². The first-order valence-electron chi connectivity index (χ1n) is 4.63. The summed E-state index contributed by atoms with van der Waals surface area (Å²) in [6.07, 6.45) is 1.80. The Labute approximate surface area is 103 Å². The standard InChI is InChI=1S/C12H12N2.Ir/c1-9-8-13-12(10(2)14-9)11-6-4-3-5-7-11;/h3-8H,1-2H3;. The smallest absolute Gasteiger partial charge is 0.0914 e. The molecule has 0 aliphatic rings. The number of aromatic nitrogens is 2. The Morgan fingerprint density at radius 2 is 1.67 bits per heavy atom. The van der Waals surface area contributed by atoms with E-state index in [0.29, 0.717) is 0 Å². The van der Waals surface area contributed by atoms with Crippen molar-refractivity contribution in [3.8, 4) is 11.3 Å². The van der Waals surface area contributed by atoms with Crippen LogP contribution in [0.5, 0.6) is 0 Å². The number of hydrogen-bond donors (Lipinski definition) is 0. The molecule has 0 saturated heterocycles. The van der Waals surface area contributed by atoms with Crippen LogP contribution in [0.4, 0.5) is 0 Å². The van der Waals surface area contributed by atoms with E-state index >= 15 is 0 Å². The third kappa shape index (κ3) is 2.71. The van der Waals surface area contributed by atoms with E-state index in [1.807, 2.05) is 44.2 Å². The van der Waals surface area contributed by atoms with Gasteiger partial charge in [0.25, 0.3) is 0 Å². The van der Waals surface area contributed by atoms with Crippen molar-refractivity contribution in [3.63, 3.8) is 0 Å². The molecule has 0 atom stereocenters. The maximum absolute atomic E-state index is 4.39. The van der Waals surface area contributed by atoms with Crippen molar-refractivity contribution in [3.05, 3.63) is 47.9 Å². The van der Waals surface area contributed by atoms with Crippen LogP contribution in [0.25, 0.3) is 11.3 Å². The van der Waals surface area contributed by atoms with Crippen LogP contribution < -0.4 is 0 Å². The fraction of sp³-hybridized carbons (Fsp3) is 0.167. The molecule has 0 aliphatic heterocycles. The van der Waals surface area contributed by atoms with E-state index in [4.69, 9.17) is 0 Å². The minimum Gasteiger partial charge on any atom is -0.255 e. The molecule has 79 valence electrons. The third-order valence-corrected chi connectivity index (χ3v) is 2.11. The first-order chi connectivity index (χ1) is 6.77. The van der Waals surface area contributed by atoms with E-state index in [-0.39, 0.29) is 20.1 Å². The first-order valence-corrected chi connectivity index (χ1v) is 4.63. The topological polar surface area (TPSA) is 25.8 Å². The second kappa shape index (κ2) is 5.15. The summed E-state index contributed by atoms with van der Waals surface area (Å²) in [5, 5.41) is 0. The van der Waals surface area contributed by atoms with Crippen molar-refractivity contribution in [2.75, 3.05) is 0 Å². The fourth-order valence-electron chi connectivity index (χ4n) is 1.48. The monoisotopic (exact) mass is 377 g/mol. The molecule has 0 fully saturated rings. The first kappa shape index (κ1) is 12.0. The molecule has 1 aromatic heterocycles. The van der Waals surface area contributed by atoms with Crippen molar-refractivity contribution in [1.82, 2.24) is 9.97 Å². The SMILES string of the molecule is Cc1cnc(-c2ccccc2)c(C)n1.[Ir]. The molecule has 2 aromatic rings. The van der Waals surface area contributed by atoms with E-state index in [9.17, 15) is 0 Å². The number of nitrogens with zero attached hydrogens (tertiary/aromatic N) is 2. The maximum Gasteiger partial charge on any atom is 0.0914 e. The van der Waals surface area contributed by atoms with Crippen LogP contribution in [0, 0.1) is 13.8 Å². The summed E-state index contributed by atoms with van der Waals surface area (Å²) in [5.74, 6) is 0. The van der Waals surface area contributed by atoms with Crippen molar-refractivity contribution >= 4 is 0 Å². The second-order valence-electron chi connectivity index (χ2n) is 3.31. The van der Waals surface area contributed by atoms with Crippen molar-refractivity contribution in [1.29, 1.82) is 0 Å². The summed E-state index contributed by atoms with van der Waals surface area (Å²) in [6.45, 7) is 3.94. The minimum absolute atomic E-state index is 0. The Kier molecular flexibility index (Phi) is 4.13. The van der Waals surface area contributed by atoms with E-state index in [2.05, 4.69) is 9.97 Å². The van der Waals surface area contributed by atoms with Gasteiger partial charge in [-0.25, -0.2) is 0 Å². The third-order valence-electron chi connectivity index (χ3n) is 2.11. The van der Waals surface area contributed by atoms with E-state index in [1.54, 1.807) is 6.20 Å². The van der Waals surface area contributed by atoms with Gasteiger partial charge in [-0.3, -0.25) is 9.97 Å². The molecule has 1 heterocycles. The van der Waals surface area contributed by atoms with Crippen LogP contribution in [0.3, 0.4) is 0 Å². The zero-order chi connectivity index (χ0) is 9.97. The number of hydrogen-bond acceptors (Lipinski definition) is 2. The van der Waals surface area contributed by atoms with Gasteiger partial charge in [0.05, 0.1) is 17.1 Å². The van der Waals surface area contributed by atoms with E-state index < -0.39 is 0 Å². The molecule has 2 rings (SSSR count). The zero-order valence-electron chi connectivity index (χ0n) is 8.69. The molecule has 0 spiro atoms. The predicted molar refractivity (Wildman–Crippen MR) is 56.9 cm³/mol. The molecular weight excluding hydrogens is 364 g/mol. The van der Waals surface area contributed by atoms with Gasteiger partial charge < -0.3 is 0 Å². The molecular formula is C12H12IrN2.